The van der Waals surface area contributed by atoms with E-state index in [0.29, 0.717) is 0 Å². The van der Waals surface area contributed by atoms with Crippen LogP contribution < -0.4 is 0 Å². The maximum Gasteiger partial charge on any atom is 0.195 e. The molecule has 90 valence electrons. The van der Waals surface area contributed by atoms with Crippen LogP contribution in [-0.2, 0) is 13.0 Å². The summed E-state index contributed by atoms with van der Waals surface area (Å²) in [6.07, 6.45) is 1.11. The molecule has 0 aromatic carbocycles. The van der Waals surface area contributed by atoms with E-state index in [1.165, 1.54) is 9.75 Å². The molecule has 1 rings (SSSR count). The van der Waals surface area contributed by atoms with Gasteiger partial charge in [-0.2, -0.15) is 0 Å². The fourth-order valence-corrected chi connectivity index (χ4v) is 2.41. The highest BCUT2D eigenvalue weighted by Gasteiger charge is 2.04. The van der Waals surface area contributed by atoms with Gasteiger partial charge < -0.3 is 9.80 Å². The normalized spacial score (nSPS) is 10.1. The average molecular weight is 239 g/mol. The van der Waals surface area contributed by atoms with Crippen molar-refractivity contribution < 1.29 is 0 Å². The molecule has 0 aliphatic carbocycles. The summed E-state index contributed by atoms with van der Waals surface area (Å²) in [5.41, 5.74) is 0. The molecule has 0 amide bonds. The Morgan fingerprint density at radius 3 is 2.12 bits per heavy atom. The molecule has 4 heteroatoms. The summed E-state index contributed by atoms with van der Waals surface area (Å²) in [6.45, 7) is 2.96. The van der Waals surface area contributed by atoms with Crippen LogP contribution in [-0.4, -0.2) is 44.0 Å². The van der Waals surface area contributed by atoms with E-state index in [0.717, 1.165) is 18.9 Å². The van der Waals surface area contributed by atoms with Crippen LogP contribution in [0.4, 0.5) is 0 Å². The van der Waals surface area contributed by atoms with Gasteiger partial charge in [0.15, 0.2) is 5.96 Å². The molecule has 0 aliphatic heterocycles. The largest absolute Gasteiger partial charge is 0.349 e. The van der Waals surface area contributed by atoms with Gasteiger partial charge in [0, 0.05) is 37.9 Å². The first-order valence-electron chi connectivity index (χ1n) is 5.51. The van der Waals surface area contributed by atoms with Crippen molar-refractivity contribution >= 4 is 17.3 Å². The lowest BCUT2D eigenvalue weighted by Gasteiger charge is -2.22. The third kappa shape index (κ3) is 3.52. The minimum atomic E-state index is 0.774. The first kappa shape index (κ1) is 13.0. The fourth-order valence-electron chi connectivity index (χ4n) is 1.53. The van der Waals surface area contributed by atoms with Crippen molar-refractivity contribution in [1.82, 2.24) is 9.80 Å². The second-order valence-corrected chi connectivity index (χ2v) is 5.38. The van der Waals surface area contributed by atoms with E-state index in [1.54, 1.807) is 0 Å². The van der Waals surface area contributed by atoms with Crippen molar-refractivity contribution in [3.05, 3.63) is 21.9 Å². The number of aryl methyl sites for hydroxylation is 1. The van der Waals surface area contributed by atoms with E-state index in [-0.39, 0.29) is 0 Å². The molecule has 0 aliphatic rings. The van der Waals surface area contributed by atoms with Gasteiger partial charge in [-0.25, -0.2) is 4.99 Å². The van der Waals surface area contributed by atoms with Crippen LogP contribution in [0.1, 0.15) is 16.7 Å². The van der Waals surface area contributed by atoms with Crippen LogP contribution in [0, 0.1) is 0 Å². The fraction of sp³-hybridized carbons (Fsp3) is 0.583. The minimum absolute atomic E-state index is 0.774. The van der Waals surface area contributed by atoms with Crippen molar-refractivity contribution in [2.45, 2.75) is 19.9 Å². The Morgan fingerprint density at radius 2 is 1.69 bits per heavy atom. The Balaban J connectivity index is 2.69. The van der Waals surface area contributed by atoms with Gasteiger partial charge in [0.25, 0.3) is 0 Å². The molecule has 1 aromatic heterocycles. The molecular formula is C12H21N3S. The number of hydrogen-bond donors (Lipinski definition) is 0. The summed E-state index contributed by atoms with van der Waals surface area (Å²) >= 11 is 1.85. The lowest BCUT2D eigenvalue weighted by molar-refractivity contribution is 0.479. The van der Waals surface area contributed by atoms with Gasteiger partial charge >= 0.3 is 0 Å². The van der Waals surface area contributed by atoms with E-state index in [4.69, 9.17) is 0 Å². The van der Waals surface area contributed by atoms with E-state index in [9.17, 15) is 0 Å². The van der Waals surface area contributed by atoms with Crippen LogP contribution in [0.25, 0.3) is 0 Å². The van der Waals surface area contributed by atoms with Gasteiger partial charge in [-0.15, -0.1) is 11.3 Å². The minimum Gasteiger partial charge on any atom is -0.349 e. The summed E-state index contributed by atoms with van der Waals surface area (Å²) in [5, 5.41) is 0. The molecule has 1 heterocycles. The highest BCUT2D eigenvalue weighted by molar-refractivity contribution is 7.11. The molecule has 0 bridgehead atoms. The van der Waals surface area contributed by atoms with Crippen molar-refractivity contribution in [3.8, 4) is 0 Å². The van der Waals surface area contributed by atoms with E-state index >= 15 is 0 Å². The molecule has 0 radical (unpaired) electrons. The average Bonchev–Trinajstić information content (AvgIpc) is 2.65. The maximum atomic E-state index is 4.62. The molecule has 16 heavy (non-hydrogen) atoms. The topological polar surface area (TPSA) is 18.8 Å². The van der Waals surface area contributed by atoms with Crippen LogP contribution in [0.3, 0.4) is 0 Å². The molecule has 0 fully saturated rings. The molecule has 0 saturated heterocycles. The monoisotopic (exact) mass is 239 g/mol. The van der Waals surface area contributed by atoms with Crippen LogP contribution in [0.2, 0.25) is 0 Å². The van der Waals surface area contributed by atoms with Gasteiger partial charge in [0.05, 0.1) is 6.54 Å². The zero-order valence-electron chi connectivity index (χ0n) is 10.8. The molecule has 0 spiro atoms. The van der Waals surface area contributed by atoms with Crippen LogP contribution in [0.5, 0.6) is 0 Å². The summed E-state index contributed by atoms with van der Waals surface area (Å²) in [5.74, 6) is 1.01. The molecular weight excluding hydrogens is 218 g/mol. The van der Waals surface area contributed by atoms with E-state index in [2.05, 4.69) is 24.0 Å². The van der Waals surface area contributed by atoms with Gasteiger partial charge in [-0.05, 0) is 18.6 Å². The maximum absolute atomic E-state index is 4.62. The second kappa shape index (κ2) is 5.89. The SMILES string of the molecule is CCc1ccc(CN=C(N(C)C)N(C)C)s1. The Kier molecular flexibility index (Phi) is 4.80. The molecule has 1 aromatic rings. The van der Waals surface area contributed by atoms with Crippen LogP contribution >= 0.6 is 11.3 Å². The van der Waals surface area contributed by atoms with Crippen molar-refractivity contribution in [2.24, 2.45) is 4.99 Å². The molecule has 0 saturated carbocycles. The Morgan fingerprint density at radius 1 is 1.12 bits per heavy atom. The third-order valence-corrected chi connectivity index (χ3v) is 3.46. The summed E-state index contributed by atoms with van der Waals surface area (Å²) < 4.78 is 0. The number of nitrogens with zero attached hydrogens (tertiary/aromatic N) is 3. The van der Waals surface area contributed by atoms with Gasteiger partial charge in [0.1, 0.15) is 0 Å². The van der Waals surface area contributed by atoms with Gasteiger partial charge in [0.2, 0.25) is 0 Å². The summed E-state index contributed by atoms with van der Waals surface area (Å²) in [4.78, 5) is 11.5. The molecule has 3 nitrogen and oxygen atoms in total. The Bertz CT molecular complexity index is 343. The lowest BCUT2D eigenvalue weighted by Crippen LogP contribution is -2.35. The molecule has 0 atom stereocenters. The zero-order valence-corrected chi connectivity index (χ0v) is 11.6. The van der Waals surface area contributed by atoms with Crippen molar-refractivity contribution in [1.29, 1.82) is 0 Å². The zero-order chi connectivity index (χ0) is 12.1. The molecule has 0 N–H and O–H groups in total. The van der Waals surface area contributed by atoms with E-state index in [1.807, 2.05) is 49.3 Å². The van der Waals surface area contributed by atoms with Crippen molar-refractivity contribution in [2.75, 3.05) is 28.2 Å². The number of guanidine groups is 1. The third-order valence-electron chi connectivity index (χ3n) is 2.24. The molecule has 0 unspecified atom stereocenters. The number of aliphatic imine (C=N–C) groups is 1. The quantitative estimate of drug-likeness (QED) is 0.595. The number of thiophene rings is 1. The highest BCUT2D eigenvalue weighted by atomic mass is 32.1. The standard InChI is InChI=1S/C12H21N3S/c1-6-10-7-8-11(16-10)9-13-12(14(2)3)15(4)5/h7-8H,6,9H2,1-5H3. The first-order chi connectivity index (χ1) is 7.54. The summed E-state index contributed by atoms with van der Waals surface area (Å²) in [6, 6.07) is 4.37. The summed E-state index contributed by atoms with van der Waals surface area (Å²) in [7, 11) is 8.07. The Labute approximate surface area is 102 Å². The lowest BCUT2D eigenvalue weighted by atomic mass is 10.4. The van der Waals surface area contributed by atoms with Crippen molar-refractivity contribution in [3.63, 3.8) is 0 Å². The van der Waals surface area contributed by atoms with Crippen LogP contribution in [0.15, 0.2) is 17.1 Å². The number of rotatable bonds is 3. The second-order valence-electron chi connectivity index (χ2n) is 4.13. The van der Waals surface area contributed by atoms with Gasteiger partial charge in [-0.3, -0.25) is 0 Å². The predicted octanol–water partition coefficient (Wildman–Crippen LogP) is 2.29. The smallest absolute Gasteiger partial charge is 0.195 e. The Hall–Kier alpha value is -1.03. The highest BCUT2D eigenvalue weighted by Crippen LogP contribution is 2.17. The van der Waals surface area contributed by atoms with Gasteiger partial charge in [-0.1, -0.05) is 6.92 Å². The first-order valence-corrected chi connectivity index (χ1v) is 6.33. The predicted molar refractivity (Wildman–Crippen MR) is 72.2 cm³/mol. The number of hydrogen-bond acceptors (Lipinski definition) is 2. The van der Waals surface area contributed by atoms with E-state index < -0.39 is 0 Å².